The molecule has 1 aliphatic heterocycles. The molecule has 1 aromatic heterocycles. The summed E-state index contributed by atoms with van der Waals surface area (Å²) in [5.74, 6) is 1.61. The molecule has 3 rings (SSSR count). The van der Waals surface area contributed by atoms with Crippen molar-refractivity contribution < 1.29 is 18.8 Å². The van der Waals surface area contributed by atoms with Crippen molar-refractivity contribution in [2.45, 2.75) is 25.9 Å². The van der Waals surface area contributed by atoms with Gasteiger partial charge in [0, 0.05) is 0 Å². The van der Waals surface area contributed by atoms with Crippen molar-refractivity contribution in [3.05, 3.63) is 36.0 Å². The van der Waals surface area contributed by atoms with Gasteiger partial charge in [-0.2, -0.15) is 4.98 Å². The molecule has 0 amide bonds. The predicted molar refractivity (Wildman–Crippen MR) is 68.7 cm³/mol. The van der Waals surface area contributed by atoms with E-state index in [1.807, 2.05) is 24.3 Å². The smallest absolute Gasteiger partial charge is 0.237 e. The molecule has 2 unspecified atom stereocenters. The van der Waals surface area contributed by atoms with E-state index in [1.54, 1.807) is 6.92 Å². The Hall–Kier alpha value is -2.37. The second-order valence-corrected chi connectivity index (χ2v) is 4.69. The summed E-state index contributed by atoms with van der Waals surface area (Å²) in [6.45, 7) is 3.53. The molecular weight excluding hydrogens is 260 g/mol. The highest BCUT2D eigenvalue weighted by Gasteiger charge is 2.28. The number of nitrogens with zero attached hydrogens (tertiary/aromatic N) is 2. The quantitative estimate of drug-likeness (QED) is 0.854. The van der Waals surface area contributed by atoms with Crippen molar-refractivity contribution in [1.29, 1.82) is 0 Å². The first-order valence-corrected chi connectivity index (χ1v) is 6.37. The molecule has 6 heteroatoms. The van der Waals surface area contributed by atoms with Crippen molar-refractivity contribution >= 4 is 5.78 Å². The van der Waals surface area contributed by atoms with Gasteiger partial charge in [-0.15, -0.1) is 0 Å². The number of ketones is 1. The fourth-order valence-corrected chi connectivity index (χ4v) is 1.87. The first kappa shape index (κ1) is 12.7. The lowest BCUT2D eigenvalue weighted by Crippen LogP contribution is -2.22. The van der Waals surface area contributed by atoms with Gasteiger partial charge in [0.2, 0.25) is 11.7 Å². The molecule has 0 bridgehead atoms. The number of hydrogen-bond donors (Lipinski definition) is 0. The molecule has 2 atom stereocenters. The van der Waals surface area contributed by atoms with Gasteiger partial charge in [0.15, 0.2) is 17.6 Å². The number of ether oxygens (including phenoxy) is 2. The molecule has 20 heavy (non-hydrogen) atoms. The second kappa shape index (κ2) is 4.96. The Balaban J connectivity index is 1.80. The Morgan fingerprint density at radius 2 is 2.10 bits per heavy atom. The molecule has 2 aromatic rings. The third-order valence-corrected chi connectivity index (χ3v) is 3.23. The maximum Gasteiger partial charge on any atom is 0.237 e. The second-order valence-electron chi connectivity index (χ2n) is 4.69. The zero-order valence-electron chi connectivity index (χ0n) is 11.2. The number of hydrogen-bond acceptors (Lipinski definition) is 6. The summed E-state index contributed by atoms with van der Waals surface area (Å²) in [6, 6.07) is 7.40. The third-order valence-electron chi connectivity index (χ3n) is 3.23. The summed E-state index contributed by atoms with van der Waals surface area (Å²) in [4.78, 5) is 15.5. The maximum atomic E-state index is 11.3. The zero-order chi connectivity index (χ0) is 14.1. The highest BCUT2D eigenvalue weighted by molar-refractivity contribution is 5.81. The molecule has 0 saturated carbocycles. The number of rotatable bonds is 3. The van der Waals surface area contributed by atoms with E-state index in [2.05, 4.69) is 10.1 Å². The average Bonchev–Trinajstić information content (AvgIpc) is 2.95. The molecule has 0 aliphatic carbocycles. The van der Waals surface area contributed by atoms with Crippen LogP contribution in [0, 0.1) is 0 Å². The average molecular weight is 274 g/mol. The molecule has 0 N–H and O–H groups in total. The minimum Gasteiger partial charge on any atom is -0.485 e. The van der Waals surface area contributed by atoms with Crippen LogP contribution in [0.4, 0.5) is 0 Å². The molecule has 104 valence electrons. The monoisotopic (exact) mass is 274 g/mol. The van der Waals surface area contributed by atoms with Gasteiger partial charge in [-0.25, -0.2) is 0 Å². The largest absolute Gasteiger partial charge is 0.485 e. The molecule has 0 fully saturated rings. The Morgan fingerprint density at radius 3 is 2.85 bits per heavy atom. The van der Waals surface area contributed by atoms with Crippen LogP contribution in [0.2, 0.25) is 0 Å². The molecule has 1 aromatic carbocycles. The lowest BCUT2D eigenvalue weighted by atomic mass is 10.1. The highest BCUT2D eigenvalue weighted by atomic mass is 16.6. The van der Waals surface area contributed by atoms with E-state index in [1.165, 1.54) is 6.92 Å². The number of benzene rings is 1. The number of aromatic nitrogens is 2. The van der Waals surface area contributed by atoms with Crippen LogP contribution in [0.1, 0.15) is 37.6 Å². The summed E-state index contributed by atoms with van der Waals surface area (Å²) in [6.07, 6.45) is -0.429. The minimum absolute atomic E-state index is 0.0219. The number of carbonyl (C=O) groups excluding carboxylic acids is 1. The number of carbonyl (C=O) groups is 1. The van der Waals surface area contributed by atoms with E-state index in [-0.39, 0.29) is 5.78 Å². The summed E-state index contributed by atoms with van der Waals surface area (Å²) >= 11 is 0. The predicted octanol–water partition coefficient (Wildman–Crippen LogP) is 2.27. The van der Waals surface area contributed by atoms with E-state index in [0.29, 0.717) is 29.8 Å². The lowest BCUT2D eigenvalue weighted by molar-refractivity contribution is -0.118. The van der Waals surface area contributed by atoms with Crippen LogP contribution in [-0.2, 0) is 4.79 Å². The molecule has 0 saturated heterocycles. The van der Waals surface area contributed by atoms with Gasteiger partial charge < -0.3 is 14.0 Å². The van der Waals surface area contributed by atoms with Gasteiger partial charge in [-0.1, -0.05) is 17.3 Å². The molecular formula is C14H14N2O4. The van der Waals surface area contributed by atoms with Crippen LogP contribution in [-0.4, -0.2) is 22.5 Å². The minimum atomic E-state index is -0.429. The summed E-state index contributed by atoms with van der Waals surface area (Å²) < 4.78 is 16.5. The fourth-order valence-electron chi connectivity index (χ4n) is 1.87. The van der Waals surface area contributed by atoms with E-state index >= 15 is 0 Å². The van der Waals surface area contributed by atoms with Crippen molar-refractivity contribution in [2.24, 2.45) is 0 Å². The van der Waals surface area contributed by atoms with Crippen molar-refractivity contribution in [2.75, 3.05) is 6.61 Å². The summed E-state index contributed by atoms with van der Waals surface area (Å²) in [5.41, 5.74) is 0. The SMILES string of the molecule is CC(=O)C(C)c1nc(C2COc3ccccc3O2)no1. The van der Waals surface area contributed by atoms with Crippen LogP contribution in [0.5, 0.6) is 11.5 Å². The van der Waals surface area contributed by atoms with Crippen LogP contribution < -0.4 is 9.47 Å². The normalized spacial score (nSPS) is 18.6. The van der Waals surface area contributed by atoms with Gasteiger partial charge >= 0.3 is 0 Å². The number of para-hydroxylation sites is 2. The van der Waals surface area contributed by atoms with Crippen LogP contribution in [0.25, 0.3) is 0 Å². The maximum absolute atomic E-state index is 11.3. The standard InChI is InChI=1S/C14H14N2O4/c1-8(9(2)17)14-15-13(16-20-14)12-7-18-10-5-3-4-6-11(10)19-12/h3-6,8,12H,7H2,1-2H3. The fraction of sp³-hybridized carbons (Fsp3) is 0.357. The number of Topliss-reactive ketones (excluding diaryl/α,β-unsaturated/α-hetero) is 1. The molecule has 0 radical (unpaired) electrons. The summed E-state index contributed by atoms with van der Waals surface area (Å²) in [5, 5.41) is 3.87. The van der Waals surface area contributed by atoms with Gasteiger partial charge in [0.1, 0.15) is 12.4 Å². The van der Waals surface area contributed by atoms with Gasteiger partial charge in [-0.05, 0) is 26.0 Å². The third kappa shape index (κ3) is 2.24. The molecule has 2 heterocycles. The van der Waals surface area contributed by atoms with Crippen LogP contribution in [0.15, 0.2) is 28.8 Å². The Kier molecular flexibility index (Phi) is 3.14. The molecule has 1 aliphatic rings. The number of fused-ring (bicyclic) bond motifs is 1. The molecule has 0 spiro atoms. The van der Waals surface area contributed by atoms with E-state index < -0.39 is 12.0 Å². The lowest BCUT2D eigenvalue weighted by Gasteiger charge is -2.24. The molecule has 6 nitrogen and oxygen atoms in total. The Bertz CT molecular complexity index is 638. The van der Waals surface area contributed by atoms with Gasteiger partial charge in [0.25, 0.3) is 0 Å². The van der Waals surface area contributed by atoms with Crippen LogP contribution in [0.3, 0.4) is 0 Å². The van der Waals surface area contributed by atoms with Gasteiger partial charge in [0.05, 0.1) is 5.92 Å². The Labute approximate surface area is 115 Å². The van der Waals surface area contributed by atoms with E-state index in [4.69, 9.17) is 14.0 Å². The van der Waals surface area contributed by atoms with Gasteiger partial charge in [-0.3, -0.25) is 4.79 Å². The first-order valence-electron chi connectivity index (χ1n) is 6.37. The summed E-state index contributed by atoms with van der Waals surface area (Å²) in [7, 11) is 0. The topological polar surface area (TPSA) is 74.5 Å². The first-order chi connectivity index (χ1) is 9.65. The van der Waals surface area contributed by atoms with Crippen LogP contribution >= 0.6 is 0 Å². The zero-order valence-corrected chi connectivity index (χ0v) is 11.2. The Morgan fingerprint density at radius 1 is 1.35 bits per heavy atom. The van der Waals surface area contributed by atoms with E-state index in [9.17, 15) is 4.79 Å². The van der Waals surface area contributed by atoms with Crippen molar-refractivity contribution in [3.63, 3.8) is 0 Å². The van der Waals surface area contributed by atoms with Crippen molar-refractivity contribution in [3.8, 4) is 11.5 Å². The van der Waals surface area contributed by atoms with Crippen molar-refractivity contribution in [1.82, 2.24) is 10.1 Å². The highest BCUT2D eigenvalue weighted by Crippen LogP contribution is 2.35. The van der Waals surface area contributed by atoms with E-state index in [0.717, 1.165) is 0 Å².